The van der Waals surface area contributed by atoms with Gasteiger partial charge in [0.2, 0.25) is 0 Å². The molecule has 3 fully saturated rings. The van der Waals surface area contributed by atoms with E-state index in [9.17, 15) is 9.90 Å². The Morgan fingerprint density at radius 1 is 1.28 bits per heavy atom. The average molecular weight is 439 g/mol. The predicted molar refractivity (Wildman–Crippen MR) is 122 cm³/mol. The van der Waals surface area contributed by atoms with E-state index in [0.29, 0.717) is 6.42 Å². The van der Waals surface area contributed by atoms with Crippen LogP contribution in [-0.2, 0) is 4.79 Å². The Kier molecular flexibility index (Phi) is 5.61. The Hall–Kier alpha value is -0.260. The Morgan fingerprint density at radius 2 is 2.03 bits per heavy atom. The lowest BCUT2D eigenvalue weighted by Crippen LogP contribution is -2.67. The normalized spacial score (nSPS) is 48.7. The van der Waals surface area contributed by atoms with Gasteiger partial charge in [-0.25, -0.2) is 4.39 Å². The number of aliphatic hydroxyl groups excluding tert-OH is 1. The second kappa shape index (κ2) is 7.41. The fourth-order valence-electron chi connectivity index (χ4n) is 7.17. The number of thioether (sulfide) groups is 2. The maximum atomic E-state index is 17.1. The lowest BCUT2D eigenvalue weighted by atomic mass is 9.46. The second-order valence-corrected chi connectivity index (χ2v) is 12.7. The van der Waals surface area contributed by atoms with Gasteiger partial charge in [-0.2, -0.15) is 0 Å². The summed E-state index contributed by atoms with van der Waals surface area (Å²) in [5.74, 6) is 1.21. The van der Waals surface area contributed by atoms with Gasteiger partial charge in [-0.3, -0.25) is 4.79 Å². The van der Waals surface area contributed by atoms with Gasteiger partial charge in [0.25, 0.3) is 0 Å². The molecule has 0 saturated heterocycles. The molecule has 2 nitrogen and oxygen atoms in total. The zero-order valence-electron chi connectivity index (χ0n) is 18.2. The third-order valence-electron chi connectivity index (χ3n) is 8.85. The van der Waals surface area contributed by atoms with E-state index in [1.807, 2.05) is 18.7 Å². The van der Waals surface area contributed by atoms with Crippen LogP contribution in [0.25, 0.3) is 0 Å². The SMILES string of the molecule is CCCCSC1(SC)CC[C@H]2[C@@H]3CCC4=CC(=O)C=C[C@]4(C)[C@]3(F)C(O)C[C@@]21C. The molecule has 0 spiro atoms. The number of halogens is 1. The van der Waals surface area contributed by atoms with E-state index < -0.39 is 17.2 Å². The molecule has 0 bridgehead atoms. The number of carbonyl (C=O) groups excluding carboxylic acids is 1. The first-order chi connectivity index (χ1) is 13.7. The molecule has 0 aromatic carbocycles. The molecule has 0 aromatic rings. The minimum Gasteiger partial charge on any atom is -0.390 e. The highest BCUT2D eigenvalue weighted by Crippen LogP contribution is 2.73. The zero-order chi connectivity index (χ0) is 21.1. The van der Waals surface area contributed by atoms with E-state index in [1.54, 1.807) is 12.2 Å². The molecule has 7 atom stereocenters. The number of alkyl halides is 1. The Labute approximate surface area is 183 Å². The van der Waals surface area contributed by atoms with E-state index in [1.165, 1.54) is 18.9 Å². The molecule has 1 N–H and O–H groups in total. The zero-order valence-corrected chi connectivity index (χ0v) is 19.8. The standard InChI is InChI=1S/C24H35FO2S2/c1-5-6-13-29-23(28-4)12-10-18-19-8-7-16-14-17(26)9-11-21(16,2)24(19,25)20(27)15-22(18,23)3/h9,11,14,18-20,27H,5-8,10,12-13,15H2,1-4H3/t18-,19-,20?,21-,22-,23?,24+/m0/s1. The molecule has 0 amide bonds. The van der Waals surface area contributed by atoms with Crippen molar-refractivity contribution in [1.29, 1.82) is 0 Å². The van der Waals surface area contributed by atoms with Gasteiger partial charge >= 0.3 is 0 Å². The molecule has 0 radical (unpaired) electrons. The smallest absolute Gasteiger partial charge is 0.178 e. The Balaban J connectivity index is 1.72. The number of aliphatic hydroxyl groups is 1. The lowest BCUT2D eigenvalue weighted by molar-refractivity contribution is -0.189. The van der Waals surface area contributed by atoms with Crippen LogP contribution in [0, 0.1) is 22.7 Å². The van der Waals surface area contributed by atoms with Crippen molar-refractivity contribution in [2.24, 2.45) is 22.7 Å². The van der Waals surface area contributed by atoms with Crippen molar-refractivity contribution in [2.45, 2.75) is 81.6 Å². The van der Waals surface area contributed by atoms with Crippen molar-refractivity contribution in [3.8, 4) is 0 Å². The summed E-state index contributed by atoms with van der Waals surface area (Å²) in [6.07, 6.45) is 12.6. The monoisotopic (exact) mass is 438 g/mol. The highest BCUT2D eigenvalue weighted by Gasteiger charge is 2.72. The maximum Gasteiger partial charge on any atom is 0.178 e. The molecule has 0 heterocycles. The number of rotatable bonds is 5. The number of carbonyl (C=O) groups is 1. The van der Waals surface area contributed by atoms with E-state index in [-0.39, 0.29) is 27.1 Å². The van der Waals surface area contributed by atoms with E-state index in [4.69, 9.17) is 0 Å². The molecule has 2 unspecified atom stereocenters. The van der Waals surface area contributed by atoms with Crippen LogP contribution in [0.3, 0.4) is 0 Å². The van der Waals surface area contributed by atoms with Gasteiger partial charge in [-0.05, 0) is 80.9 Å². The van der Waals surface area contributed by atoms with Crippen molar-refractivity contribution in [3.05, 3.63) is 23.8 Å². The van der Waals surface area contributed by atoms with Crippen molar-refractivity contribution in [2.75, 3.05) is 12.0 Å². The summed E-state index contributed by atoms with van der Waals surface area (Å²) >= 11 is 4.00. The summed E-state index contributed by atoms with van der Waals surface area (Å²) in [5.41, 5.74) is -1.76. The number of hydrogen-bond donors (Lipinski definition) is 1. The van der Waals surface area contributed by atoms with Crippen LogP contribution in [0.1, 0.15) is 65.7 Å². The number of unbranched alkanes of at least 4 members (excludes halogenated alkanes) is 1. The van der Waals surface area contributed by atoms with Crippen LogP contribution in [0.4, 0.5) is 4.39 Å². The lowest BCUT2D eigenvalue weighted by Gasteiger charge is -2.63. The fourth-order valence-corrected chi connectivity index (χ4v) is 10.5. The number of ketones is 1. The summed E-state index contributed by atoms with van der Waals surface area (Å²) < 4.78 is 17.1. The van der Waals surface area contributed by atoms with Crippen molar-refractivity contribution in [3.63, 3.8) is 0 Å². The van der Waals surface area contributed by atoms with E-state index in [2.05, 4.69) is 31.9 Å². The molecule has 0 aliphatic heterocycles. The van der Waals surface area contributed by atoms with Gasteiger partial charge in [0.05, 0.1) is 10.2 Å². The van der Waals surface area contributed by atoms with E-state index >= 15 is 4.39 Å². The summed E-state index contributed by atoms with van der Waals surface area (Å²) in [6.45, 7) is 6.47. The quantitative estimate of drug-likeness (QED) is 0.425. The molecular formula is C24H35FO2S2. The number of hydrogen-bond acceptors (Lipinski definition) is 4. The molecule has 4 aliphatic rings. The largest absolute Gasteiger partial charge is 0.390 e. The summed E-state index contributed by atoms with van der Waals surface area (Å²) in [6, 6.07) is 0. The summed E-state index contributed by atoms with van der Waals surface area (Å²) in [5, 5.41) is 11.4. The van der Waals surface area contributed by atoms with Crippen molar-refractivity contribution < 1.29 is 14.3 Å². The van der Waals surface area contributed by atoms with Crippen LogP contribution in [-0.4, -0.2) is 38.8 Å². The molecule has 3 saturated carbocycles. The molecule has 5 heteroatoms. The van der Waals surface area contributed by atoms with E-state index in [0.717, 1.165) is 37.0 Å². The number of allylic oxidation sites excluding steroid dienone is 4. The second-order valence-electron chi connectivity index (χ2n) is 9.96. The highest BCUT2D eigenvalue weighted by molar-refractivity contribution is 8.18. The molecule has 4 rings (SSSR count). The van der Waals surface area contributed by atoms with Crippen LogP contribution in [0.5, 0.6) is 0 Å². The molecule has 162 valence electrons. The van der Waals surface area contributed by atoms with Gasteiger partial charge in [-0.15, -0.1) is 23.5 Å². The first kappa shape index (κ1) is 22.0. The first-order valence-electron chi connectivity index (χ1n) is 11.2. The fraction of sp³-hybridized carbons (Fsp3) is 0.792. The first-order valence-corrected chi connectivity index (χ1v) is 13.4. The third-order valence-corrected chi connectivity index (χ3v) is 12.7. The molecule has 29 heavy (non-hydrogen) atoms. The average Bonchev–Trinajstić information content (AvgIpc) is 2.96. The van der Waals surface area contributed by atoms with Gasteiger partial charge in [0.1, 0.15) is 0 Å². The molecule has 0 aromatic heterocycles. The van der Waals surface area contributed by atoms with Crippen LogP contribution in [0.15, 0.2) is 23.8 Å². The summed E-state index contributed by atoms with van der Waals surface area (Å²) in [7, 11) is 0. The Bertz CT molecular complexity index is 751. The van der Waals surface area contributed by atoms with Crippen LogP contribution < -0.4 is 0 Å². The maximum absolute atomic E-state index is 17.1. The number of fused-ring (bicyclic) bond motifs is 5. The third kappa shape index (κ3) is 2.82. The van der Waals surface area contributed by atoms with Crippen LogP contribution >= 0.6 is 23.5 Å². The molecular weight excluding hydrogens is 403 g/mol. The summed E-state index contributed by atoms with van der Waals surface area (Å²) in [4.78, 5) is 11.9. The van der Waals surface area contributed by atoms with Gasteiger partial charge in [0, 0.05) is 11.3 Å². The van der Waals surface area contributed by atoms with Crippen LogP contribution in [0.2, 0.25) is 0 Å². The van der Waals surface area contributed by atoms with Crippen molar-refractivity contribution in [1.82, 2.24) is 0 Å². The Morgan fingerprint density at radius 3 is 2.72 bits per heavy atom. The van der Waals surface area contributed by atoms with Gasteiger partial charge in [0.15, 0.2) is 11.5 Å². The van der Waals surface area contributed by atoms with Gasteiger partial charge in [-0.1, -0.05) is 31.9 Å². The van der Waals surface area contributed by atoms with Gasteiger partial charge < -0.3 is 5.11 Å². The highest BCUT2D eigenvalue weighted by atomic mass is 32.2. The minimum absolute atomic E-state index is 0.0516. The topological polar surface area (TPSA) is 37.3 Å². The van der Waals surface area contributed by atoms with Crippen molar-refractivity contribution >= 4 is 29.3 Å². The predicted octanol–water partition coefficient (Wildman–Crippen LogP) is 5.95. The molecule has 4 aliphatic carbocycles. The minimum atomic E-state index is -1.69.